The van der Waals surface area contributed by atoms with E-state index in [0.717, 1.165) is 0 Å². The second-order valence-corrected chi connectivity index (χ2v) is 10.5. The van der Waals surface area contributed by atoms with Crippen molar-refractivity contribution in [2.45, 2.75) is 83.1 Å². The molecule has 0 heterocycles. The number of rotatable bonds is 19. The molecule has 17 nitrogen and oxygen atoms in total. The minimum atomic E-state index is -1.20. The second kappa shape index (κ2) is 19.9. The summed E-state index contributed by atoms with van der Waals surface area (Å²) in [6.07, 6.45) is 0.0451. The van der Waals surface area contributed by atoms with Crippen molar-refractivity contribution in [1.82, 2.24) is 31.9 Å². The van der Waals surface area contributed by atoms with Gasteiger partial charge in [0.1, 0.15) is 30.2 Å². The topological polar surface area (TPSA) is 276 Å². The number of hydrogen-bond donors (Lipinski definition) is 9. The zero-order chi connectivity index (χ0) is 34.8. The van der Waals surface area contributed by atoms with Crippen LogP contribution in [-0.4, -0.2) is 96.3 Å². The number of aliphatic imine (C=N–C) groups is 1. The maximum absolute atomic E-state index is 13.4. The van der Waals surface area contributed by atoms with Crippen molar-refractivity contribution in [3.05, 3.63) is 35.9 Å². The Labute approximate surface area is 267 Å². The summed E-state index contributed by atoms with van der Waals surface area (Å²) >= 11 is 0. The Kier molecular flexibility index (Phi) is 16.8. The first-order chi connectivity index (χ1) is 21.6. The number of nitrogens with zero attached hydrogens (tertiary/aromatic N) is 1. The summed E-state index contributed by atoms with van der Waals surface area (Å²) < 4.78 is 0. The summed E-state index contributed by atoms with van der Waals surface area (Å²) in [6.45, 7) is 4.18. The summed E-state index contributed by atoms with van der Waals surface area (Å²) in [4.78, 5) is 90.8. The molecule has 0 aliphatic carbocycles. The predicted molar refractivity (Wildman–Crippen MR) is 168 cm³/mol. The monoisotopic (exact) mass is 647 g/mol. The van der Waals surface area contributed by atoms with Crippen molar-refractivity contribution < 1.29 is 38.7 Å². The first-order valence-corrected chi connectivity index (χ1v) is 14.7. The zero-order valence-corrected chi connectivity index (χ0v) is 26.4. The summed E-state index contributed by atoms with van der Waals surface area (Å²) in [5, 5.41) is 23.9. The Balaban J connectivity index is 2.99. The van der Waals surface area contributed by atoms with Crippen molar-refractivity contribution in [3.8, 4) is 0 Å². The maximum Gasteiger partial charge on any atom is 0.303 e. The molecule has 1 rings (SSSR count). The number of benzene rings is 1. The van der Waals surface area contributed by atoms with Gasteiger partial charge < -0.3 is 48.5 Å². The van der Waals surface area contributed by atoms with Gasteiger partial charge in [-0.15, -0.1) is 0 Å². The Bertz CT molecular complexity index is 1250. The number of carbonyl (C=O) groups excluding carboxylic acids is 6. The molecule has 0 saturated carbocycles. The van der Waals surface area contributed by atoms with E-state index in [2.05, 4.69) is 36.9 Å². The Morgan fingerprint density at radius 2 is 1.26 bits per heavy atom. The van der Waals surface area contributed by atoms with E-state index < -0.39 is 78.0 Å². The third-order valence-corrected chi connectivity index (χ3v) is 6.59. The summed E-state index contributed by atoms with van der Waals surface area (Å²) in [5.41, 5.74) is 11.3. The molecule has 0 fully saturated rings. The third-order valence-electron chi connectivity index (χ3n) is 6.59. The molecule has 0 aliphatic heterocycles. The number of amides is 6. The Hall–Kier alpha value is -5.22. The van der Waals surface area contributed by atoms with Gasteiger partial charge in [0, 0.05) is 33.4 Å². The largest absolute Gasteiger partial charge is 0.481 e. The van der Waals surface area contributed by atoms with E-state index in [0.29, 0.717) is 12.0 Å². The molecule has 0 bridgehead atoms. The second-order valence-electron chi connectivity index (χ2n) is 10.5. The van der Waals surface area contributed by atoms with Gasteiger partial charge in [0.15, 0.2) is 5.96 Å². The highest BCUT2D eigenvalue weighted by Gasteiger charge is 2.30. The van der Waals surface area contributed by atoms with Crippen LogP contribution in [0.15, 0.2) is 35.3 Å². The molecule has 0 aliphatic rings. The van der Waals surface area contributed by atoms with E-state index in [9.17, 15) is 33.6 Å². The summed E-state index contributed by atoms with van der Waals surface area (Å²) in [5.74, 6) is -5.17. The number of nitrogens with one attached hydrogen (secondary N) is 6. The molecule has 0 radical (unpaired) electrons. The SMILES string of the molecule is CNC(=O)[C@H](CCCN=C(N)N)NC(=O)[C@H](C)NC(=O)[C@H](Cc1ccccc1)NC(=O)[C@H](C)NC(=O)[C@H](CCC(=O)O)NC(C)=O. The lowest BCUT2D eigenvalue weighted by Crippen LogP contribution is -2.58. The normalized spacial score (nSPS) is 13.7. The number of hydrogen-bond acceptors (Lipinski definition) is 8. The van der Waals surface area contributed by atoms with Gasteiger partial charge in [-0.25, -0.2) is 0 Å². The molecular weight excluding hydrogens is 602 g/mol. The summed E-state index contributed by atoms with van der Waals surface area (Å²) in [6, 6.07) is 3.14. The van der Waals surface area contributed by atoms with Crippen molar-refractivity contribution in [3.63, 3.8) is 0 Å². The highest BCUT2D eigenvalue weighted by Crippen LogP contribution is 2.06. The average molecular weight is 648 g/mol. The van der Waals surface area contributed by atoms with Gasteiger partial charge in [0.25, 0.3) is 0 Å². The van der Waals surface area contributed by atoms with Crippen LogP contribution < -0.4 is 43.4 Å². The predicted octanol–water partition coefficient (Wildman–Crippen LogP) is -2.62. The van der Waals surface area contributed by atoms with E-state index in [4.69, 9.17) is 16.6 Å². The molecule has 0 unspecified atom stereocenters. The van der Waals surface area contributed by atoms with Gasteiger partial charge in [-0.05, 0) is 38.7 Å². The number of carbonyl (C=O) groups is 7. The van der Waals surface area contributed by atoms with E-state index in [-0.39, 0.29) is 31.8 Å². The highest BCUT2D eigenvalue weighted by atomic mass is 16.4. The molecule has 1 aromatic carbocycles. The minimum absolute atomic E-state index is 0.0339. The number of likely N-dealkylation sites (N-methyl/N-ethyl adjacent to an activating group) is 1. The van der Waals surface area contributed by atoms with E-state index in [1.165, 1.54) is 27.8 Å². The van der Waals surface area contributed by atoms with E-state index in [1.54, 1.807) is 30.3 Å². The fourth-order valence-corrected chi connectivity index (χ4v) is 4.14. The van der Waals surface area contributed by atoms with Crippen molar-refractivity contribution >= 4 is 47.4 Å². The standard InChI is InChI=1S/C29H45N9O8/c1-16(24(42)37-20(26(44)32-4)11-8-14-33-29(30)31)35-28(46)22(15-19-9-6-5-7-10-19)38-25(43)17(2)34-27(45)21(36-18(3)39)12-13-23(40)41/h5-7,9-10,16-17,20-22H,8,11-15H2,1-4H3,(H,32,44)(H,34,45)(H,35,46)(H,36,39)(H,37,42)(H,38,43)(H,40,41)(H4,30,31,33)/t16-,17-,20-,21-,22-/m0/s1. The van der Waals surface area contributed by atoms with Crippen LogP contribution in [0.25, 0.3) is 0 Å². The fourth-order valence-electron chi connectivity index (χ4n) is 4.14. The quantitative estimate of drug-likeness (QED) is 0.0428. The number of carboxylic acid groups (broad SMARTS) is 1. The van der Waals surface area contributed by atoms with E-state index >= 15 is 0 Å². The van der Waals surface area contributed by atoms with Crippen LogP contribution in [0, 0.1) is 0 Å². The van der Waals surface area contributed by atoms with Gasteiger partial charge in [0.2, 0.25) is 35.4 Å². The van der Waals surface area contributed by atoms with Gasteiger partial charge in [-0.2, -0.15) is 0 Å². The van der Waals surface area contributed by atoms with Crippen LogP contribution in [0.1, 0.15) is 52.0 Å². The summed E-state index contributed by atoms with van der Waals surface area (Å²) in [7, 11) is 1.42. The molecule has 6 amide bonds. The van der Waals surface area contributed by atoms with Crippen LogP contribution in [0.4, 0.5) is 0 Å². The average Bonchev–Trinajstić information content (AvgIpc) is 2.99. The van der Waals surface area contributed by atoms with Gasteiger partial charge in [-0.3, -0.25) is 38.6 Å². The zero-order valence-electron chi connectivity index (χ0n) is 26.4. The first-order valence-electron chi connectivity index (χ1n) is 14.7. The Morgan fingerprint density at radius 3 is 1.76 bits per heavy atom. The minimum Gasteiger partial charge on any atom is -0.481 e. The number of guanidine groups is 1. The van der Waals surface area contributed by atoms with Gasteiger partial charge >= 0.3 is 5.97 Å². The molecule has 5 atom stereocenters. The van der Waals surface area contributed by atoms with Crippen LogP contribution in [0.2, 0.25) is 0 Å². The third kappa shape index (κ3) is 15.0. The lowest BCUT2D eigenvalue weighted by Gasteiger charge is -2.25. The lowest BCUT2D eigenvalue weighted by atomic mass is 10.0. The molecule has 46 heavy (non-hydrogen) atoms. The van der Waals surface area contributed by atoms with Crippen molar-refractivity contribution in [2.24, 2.45) is 16.5 Å². The maximum atomic E-state index is 13.4. The fraction of sp³-hybridized carbons (Fsp3) is 0.517. The first kappa shape index (κ1) is 38.8. The van der Waals surface area contributed by atoms with Crippen LogP contribution in [0.3, 0.4) is 0 Å². The molecule has 254 valence electrons. The van der Waals surface area contributed by atoms with Gasteiger partial charge in [-0.1, -0.05) is 30.3 Å². The molecule has 1 aromatic rings. The molecule has 17 heteroatoms. The number of carboxylic acids is 1. The van der Waals surface area contributed by atoms with Crippen molar-refractivity contribution in [1.29, 1.82) is 0 Å². The van der Waals surface area contributed by atoms with Gasteiger partial charge in [0.05, 0.1) is 0 Å². The van der Waals surface area contributed by atoms with Crippen LogP contribution in [0.5, 0.6) is 0 Å². The number of aliphatic carboxylic acids is 1. The molecule has 11 N–H and O–H groups in total. The van der Waals surface area contributed by atoms with E-state index in [1.807, 2.05) is 0 Å². The number of nitrogens with two attached hydrogens (primary N) is 2. The van der Waals surface area contributed by atoms with Crippen molar-refractivity contribution in [2.75, 3.05) is 13.6 Å². The Morgan fingerprint density at radius 1 is 0.739 bits per heavy atom. The molecular formula is C29H45N9O8. The van der Waals surface area contributed by atoms with Crippen LogP contribution >= 0.6 is 0 Å². The lowest BCUT2D eigenvalue weighted by molar-refractivity contribution is -0.138. The molecule has 0 aromatic heterocycles. The molecule has 0 saturated heterocycles. The van der Waals surface area contributed by atoms with Crippen LogP contribution in [-0.2, 0) is 40.0 Å². The molecule has 0 spiro atoms. The smallest absolute Gasteiger partial charge is 0.303 e. The highest BCUT2D eigenvalue weighted by molar-refractivity contribution is 5.96.